The summed E-state index contributed by atoms with van der Waals surface area (Å²) in [7, 11) is 0. The molecule has 4 aliphatic rings. The van der Waals surface area contributed by atoms with Gasteiger partial charge < -0.3 is 0 Å². The first-order chi connectivity index (χ1) is 16.6. The molecule has 0 heterocycles. The van der Waals surface area contributed by atoms with Crippen molar-refractivity contribution in [3.05, 3.63) is 161 Å². The number of fused-ring (bicyclic) bond motifs is 5. The van der Waals surface area contributed by atoms with Crippen LogP contribution in [0.5, 0.6) is 0 Å². The van der Waals surface area contributed by atoms with E-state index < -0.39 is 0 Å². The summed E-state index contributed by atoms with van der Waals surface area (Å²) in [5.74, 6) is 0.525. The maximum Gasteiger partial charge on any atom is 0.0721 e. The lowest BCUT2D eigenvalue weighted by Gasteiger charge is -2.34. The molecule has 0 saturated heterocycles. The molecule has 0 saturated carbocycles. The van der Waals surface area contributed by atoms with E-state index in [0.29, 0.717) is 5.92 Å². The number of aryl methyl sites for hydroxylation is 1. The number of rotatable bonds is 2. The number of hydrogen-bond donors (Lipinski definition) is 0. The van der Waals surface area contributed by atoms with Crippen molar-refractivity contribution in [2.24, 2.45) is 5.92 Å². The minimum Gasteiger partial charge on any atom is -0.0987 e. The van der Waals surface area contributed by atoms with Crippen LogP contribution in [0.25, 0.3) is 5.57 Å². The van der Waals surface area contributed by atoms with Crippen LogP contribution in [0.15, 0.2) is 144 Å². The Morgan fingerprint density at radius 2 is 1.53 bits per heavy atom. The molecule has 0 fully saturated rings. The Balaban J connectivity index is 0.000000297. The van der Waals surface area contributed by atoms with E-state index in [1.807, 2.05) is 24.3 Å². The van der Waals surface area contributed by atoms with E-state index in [1.54, 1.807) is 0 Å². The van der Waals surface area contributed by atoms with Gasteiger partial charge in [0.15, 0.2) is 0 Å². The number of hydrogen-bond acceptors (Lipinski definition) is 0. The van der Waals surface area contributed by atoms with Crippen molar-refractivity contribution < 1.29 is 0 Å². The second kappa shape index (κ2) is 8.95. The van der Waals surface area contributed by atoms with E-state index in [9.17, 15) is 0 Å². The zero-order valence-electron chi connectivity index (χ0n) is 20.2. The van der Waals surface area contributed by atoms with Crippen LogP contribution in [0.3, 0.4) is 0 Å². The Kier molecular flexibility index (Phi) is 5.84. The number of benzene rings is 2. The first-order valence-electron chi connectivity index (χ1n) is 12.2. The monoisotopic (exact) mass is 440 g/mol. The van der Waals surface area contributed by atoms with Gasteiger partial charge in [-0.3, -0.25) is 0 Å². The zero-order valence-corrected chi connectivity index (χ0v) is 20.2. The normalized spacial score (nSPS) is 23.9. The molecule has 4 aliphatic carbocycles. The fraction of sp³-hybridized carbons (Fsp3) is 0.176. The quantitative estimate of drug-likeness (QED) is 0.438. The molecule has 2 aromatic rings. The molecule has 168 valence electrons. The van der Waals surface area contributed by atoms with Gasteiger partial charge in [-0.25, -0.2) is 0 Å². The van der Waals surface area contributed by atoms with Crippen molar-refractivity contribution in [1.29, 1.82) is 0 Å². The highest BCUT2D eigenvalue weighted by atomic mass is 14.5. The van der Waals surface area contributed by atoms with Crippen LogP contribution in [-0.2, 0) is 5.41 Å². The Hall–Kier alpha value is -3.64. The molecule has 0 bridgehead atoms. The van der Waals surface area contributed by atoms with Gasteiger partial charge in [0.05, 0.1) is 5.41 Å². The van der Waals surface area contributed by atoms with Crippen molar-refractivity contribution >= 4 is 5.57 Å². The average molecular weight is 441 g/mol. The van der Waals surface area contributed by atoms with E-state index in [1.165, 1.54) is 50.1 Å². The first kappa shape index (κ1) is 22.2. The smallest absolute Gasteiger partial charge is 0.0721 e. The van der Waals surface area contributed by atoms with Gasteiger partial charge in [-0.2, -0.15) is 0 Å². The minimum atomic E-state index is -0.261. The van der Waals surface area contributed by atoms with Gasteiger partial charge in [-0.15, -0.1) is 0 Å². The van der Waals surface area contributed by atoms with Gasteiger partial charge in [0.25, 0.3) is 0 Å². The molecule has 1 spiro atoms. The lowest BCUT2D eigenvalue weighted by molar-refractivity contribution is 0.673. The molecule has 0 aromatic heterocycles. The molecule has 0 amide bonds. The summed E-state index contributed by atoms with van der Waals surface area (Å²) in [6.45, 7) is 12.8. The summed E-state index contributed by atoms with van der Waals surface area (Å²) in [6.07, 6.45) is 20.2. The predicted molar refractivity (Wildman–Crippen MR) is 146 cm³/mol. The summed E-state index contributed by atoms with van der Waals surface area (Å²) in [5, 5.41) is 0. The van der Waals surface area contributed by atoms with Gasteiger partial charge in [0.2, 0.25) is 0 Å². The third-order valence-electron chi connectivity index (χ3n) is 7.45. The highest BCUT2D eigenvalue weighted by molar-refractivity contribution is 5.94. The van der Waals surface area contributed by atoms with Crippen molar-refractivity contribution in [3.63, 3.8) is 0 Å². The van der Waals surface area contributed by atoms with Gasteiger partial charge in [0.1, 0.15) is 0 Å². The highest BCUT2D eigenvalue weighted by Crippen LogP contribution is 2.63. The summed E-state index contributed by atoms with van der Waals surface area (Å²) in [4.78, 5) is 0. The van der Waals surface area contributed by atoms with Crippen molar-refractivity contribution in [1.82, 2.24) is 0 Å². The zero-order chi connectivity index (χ0) is 23.7. The van der Waals surface area contributed by atoms with Crippen LogP contribution in [0.2, 0.25) is 0 Å². The molecule has 0 aliphatic heterocycles. The van der Waals surface area contributed by atoms with Gasteiger partial charge in [-0.1, -0.05) is 129 Å². The second-order valence-electron chi connectivity index (χ2n) is 9.42. The topological polar surface area (TPSA) is 0 Å². The fourth-order valence-corrected chi connectivity index (χ4v) is 6.07. The second-order valence-corrected chi connectivity index (χ2v) is 9.42. The molecule has 0 nitrogen and oxygen atoms in total. The van der Waals surface area contributed by atoms with Gasteiger partial charge in [0, 0.05) is 0 Å². The van der Waals surface area contributed by atoms with Gasteiger partial charge >= 0.3 is 0 Å². The Morgan fingerprint density at radius 1 is 0.824 bits per heavy atom. The lowest BCUT2D eigenvalue weighted by Crippen LogP contribution is -2.29. The van der Waals surface area contributed by atoms with Crippen LogP contribution in [0.4, 0.5) is 0 Å². The SMILES string of the molecule is C=CC1=C(C=C)C2(C3=C(C=CCC=C3)C3=C2C=CCC3C)c2ccccc21.Cc1ccccc1. The van der Waals surface area contributed by atoms with E-state index in [-0.39, 0.29) is 5.41 Å². The van der Waals surface area contributed by atoms with E-state index >= 15 is 0 Å². The molecule has 2 atom stereocenters. The highest BCUT2D eigenvalue weighted by Gasteiger charge is 2.53. The molecule has 0 radical (unpaired) electrons. The van der Waals surface area contributed by atoms with Crippen LogP contribution < -0.4 is 0 Å². The third kappa shape index (κ3) is 3.21. The van der Waals surface area contributed by atoms with Crippen LogP contribution in [-0.4, -0.2) is 0 Å². The van der Waals surface area contributed by atoms with Crippen LogP contribution in [0, 0.1) is 12.8 Å². The third-order valence-corrected chi connectivity index (χ3v) is 7.45. The fourth-order valence-electron chi connectivity index (χ4n) is 6.07. The van der Waals surface area contributed by atoms with Crippen molar-refractivity contribution in [3.8, 4) is 0 Å². The van der Waals surface area contributed by atoms with Crippen LogP contribution in [0.1, 0.15) is 36.5 Å². The minimum absolute atomic E-state index is 0.261. The summed E-state index contributed by atoms with van der Waals surface area (Å²) in [6, 6.07) is 19.1. The predicted octanol–water partition coefficient (Wildman–Crippen LogP) is 8.78. The molecule has 2 unspecified atom stereocenters. The molecular formula is C34H32. The Labute approximate surface area is 204 Å². The molecule has 0 heteroatoms. The standard InChI is InChI=1S/C27H24.C7H8/c1-4-19-20-13-9-10-16-23(20)27(22(19)5-2)24-15-8-6-7-14-21(24)26-18(3)12-11-17-25(26)27;1-7-5-3-2-4-6-7/h4-5,7-11,13-18H,1-2,6,12H2,3H3;2-6H,1H3. The van der Waals surface area contributed by atoms with Gasteiger partial charge in [-0.05, 0) is 70.2 Å². The average Bonchev–Trinajstić information content (AvgIpc) is 3.16. The van der Waals surface area contributed by atoms with E-state index in [4.69, 9.17) is 0 Å². The van der Waals surface area contributed by atoms with Crippen molar-refractivity contribution in [2.45, 2.75) is 32.1 Å². The lowest BCUT2D eigenvalue weighted by atomic mass is 9.66. The molecular weight excluding hydrogens is 408 g/mol. The number of allylic oxidation sites excluding steroid dienone is 14. The van der Waals surface area contributed by atoms with Crippen molar-refractivity contribution in [2.75, 3.05) is 0 Å². The summed E-state index contributed by atoms with van der Waals surface area (Å²) >= 11 is 0. The first-order valence-corrected chi connectivity index (χ1v) is 12.2. The Bertz CT molecular complexity index is 1330. The molecule has 2 aromatic carbocycles. The Morgan fingerprint density at radius 3 is 2.24 bits per heavy atom. The molecule has 0 N–H and O–H groups in total. The largest absolute Gasteiger partial charge is 0.0987 e. The molecule has 6 rings (SSSR count). The van der Waals surface area contributed by atoms with E-state index in [2.05, 4.69) is 106 Å². The summed E-state index contributed by atoms with van der Waals surface area (Å²) in [5.41, 5.74) is 12.0. The maximum absolute atomic E-state index is 4.24. The summed E-state index contributed by atoms with van der Waals surface area (Å²) < 4.78 is 0. The van der Waals surface area contributed by atoms with E-state index in [0.717, 1.165) is 12.8 Å². The van der Waals surface area contributed by atoms with Crippen LogP contribution >= 0.6 is 0 Å². The molecule has 34 heavy (non-hydrogen) atoms. The maximum atomic E-state index is 4.24.